The van der Waals surface area contributed by atoms with Gasteiger partial charge in [-0.15, -0.1) is 0 Å². The van der Waals surface area contributed by atoms with Crippen LogP contribution in [0.1, 0.15) is 34.6 Å². The molecule has 0 bridgehead atoms. The molecule has 0 aromatic rings. The van der Waals surface area contributed by atoms with Crippen molar-refractivity contribution in [3.05, 3.63) is 0 Å². The van der Waals surface area contributed by atoms with Crippen LogP contribution in [0.4, 0.5) is 0 Å². The first kappa shape index (κ1) is 11.0. The summed E-state index contributed by atoms with van der Waals surface area (Å²) in [4.78, 5) is 5.11. The molecule has 1 aliphatic heterocycles. The smallest absolute Gasteiger partial charge is 0.0649 e. The van der Waals surface area contributed by atoms with Gasteiger partial charge in [0.15, 0.2) is 0 Å². The lowest BCUT2D eigenvalue weighted by Crippen LogP contribution is -2.44. The normalized spacial score (nSPS) is 32.3. The lowest BCUT2D eigenvalue weighted by atomic mass is 10.1. The Kier molecular flexibility index (Phi) is 3.36. The minimum Gasteiger partial charge on any atom is -0.287 e. The third-order valence-electron chi connectivity index (χ3n) is 3.19. The van der Waals surface area contributed by atoms with Gasteiger partial charge in [0.25, 0.3) is 0 Å². The summed E-state index contributed by atoms with van der Waals surface area (Å²) in [6, 6.07) is 1.37. The summed E-state index contributed by atoms with van der Waals surface area (Å²) in [5.41, 5.74) is 0. The van der Waals surface area contributed by atoms with Crippen molar-refractivity contribution in [2.75, 3.05) is 13.6 Å². The number of rotatable bonds is 2. The van der Waals surface area contributed by atoms with Crippen LogP contribution in [0.15, 0.2) is 0 Å². The monoisotopic (exact) mass is 184 g/mol. The molecule has 1 saturated heterocycles. The Bertz CT molecular complexity index is 165. The molecule has 0 radical (unpaired) electrons. The van der Waals surface area contributed by atoms with E-state index < -0.39 is 0 Å². The van der Waals surface area contributed by atoms with Crippen LogP contribution < -0.4 is 0 Å². The molecule has 1 heterocycles. The maximum absolute atomic E-state index is 2.61. The van der Waals surface area contributed by atoms with Gasteiger partial charge in [-0.05, 0) is 33.7 Å². The minimum atomic E-state index is 0.634. The van der Waals surface area contributed by atoms with E-state index in [4.69, 9.17) is 0 Å². The van der Waals surface area contributed by atoms with Crippen molar-refractivity contribution in [3.63, 3.8) is 0 Å². The first-order valence-corrected chi connectivity index (χ1v) is 5.42. The third-order valence-corrected chi connectivity index (χ3v) is 3.19. The van der Waals surface area contributed by atoms with Crippen molar-refractivity contribution in [1.82, 2.24) is 9.80 Å². The molecule has 1 fully saturated rings. The van der Waals surface area contributed by atoms with Crippen molar-refractivity contribution >= 4 is 0 Å². The summed E-state index contributed by atoms with van der Waals surface area (Å²) in [7, 11) is 2.25. The second-order valence-electron chi connectivity index (χ2n) is 4.96. The van der Waals surface area contributed by atoms with Crippen molar-refractivity contribution in [1.29, 1.82) is 0 Å². The highest BCUT2D eigenvalue weighted by atomic mass is 15.4. The quantitative estimate of drug-likeness (QED) is 0.648. The highest BCUT2D eigenvalue weighted by molar-refractivity contribution is 4.88. The van der Waals surface area contributed by atoms with E-state index in [2.05, 4.69) is 51.5 Å². The highest BCUT2D eigenvalue weighted by Crippen LogP contribution is 2.25. The Labute approximate surface area is 82.9 Å². The summed E-state index contributed by atoms with van der Waals surface area (Å²) < 4.78 is 0. The van der Waals surface area contributed by atoms with Crippen LogP contribution >= 0.6 is 0 Å². The van der Waals surface area contributed by atoms with Crippen molar-refractivity contribution < 1.29 is 0 Å². The van der Waals surface area contributed by atoms with Gasteiger partial charge in [-0.25, -0.2) is 0 Å². The summed E-state index contributed by atoms with van der Waals surface area (Å²) in [6.07, 6.45) is 0.634. The largest absolute Gasteiger partial charge is 0.287 e. The second kappa shape index (κ2) is 3.97. The van der Waals surface area contributed by atoms with Gasteiger partial charge in [0.1, 0.15) is 0 Å². The Balaban J connectivity index is 2.74. The van der Waals surface area contributed by atoms with Gasteiger partial charge in [0.05, 0.1) is 6.17 Å². The van der Waals surface area contributed by atoms with E-state index in [9.17, 15) is 0 Å². The number of nitrogens with zero attached hydrogens (tertiary/aromatic N) is 2. The average molecular weight is 184 g/mol. The van der Waals surface area contributed by atoms with E-state index in [0.717, 1.165) is 5.92 Å². The number of likely N-dealkylation sites (N-methyl/N-ethyl adjacent to an activating group) is 1. The average Bonchev–Trinajstić information content (AvgIpc) is 2.28. The van der Waals surface area contributed by atoms with Crippen LogP contribution in [0, 0.1) is 5.92 Å². The van der Waals surface area contributed by atoms with Crippen LogP contribution in [0.2, 0.25) is 0 Å². The van der Waals surface area contributed by atoms with Crippen molar-refractivity contribution in [2.45, 2.75) is 52.9 Å². The molecule has 0 saturated carbocycles. The molecule has 0 aliphatic carbocycles. The van der Waals surface area contributed by atoms with Crippen LogP contribution in [0.5, 0.6) is 0 Å². The Morgan fingerprint density at radius 1 is 1.15 bits per heavy atom. The SMILES string of the molecule is CC(C)C1N(C(C)C)C[C@H](C)N1C. The third kappa shape index (κ3) is 2.05. The Morgan fingerprint density at radius 3 is 2.00 bits per heavy atom. The summed E-state index contributed by atoms with van der Waals surface area (Å²) >= 11 is 0. The lowest BCUT2D eigenvalue weighted by molar-refractivity contribution is 0.0817. The van der Waals surface area contributed by atoms with Crippen LogP contribution in [-0.4, -0.2) is 41.6 Å². The fraction of sp³-hybridized carbons (Fsp3) is 1.00. The highest BCUT2D eigenvalue weighted by Gasteiger charge is 2.37. The lowest BCUT2D eigenvalue weighted by Gasteiger charge is -2.34. The summed E-state index contributed by atoms with van der Waals surface area (Å²) in [6.45, 7) is 12.8. The predicted octanol–water partition coefficient (Wildman–Crippen LogP) is 2.01. The van der Waals surface area contributed by atoms with E-state index in [-0.39, 0.29) is 0 Å². The van der Waals surface area contributed by atoms with Gasteiger partial charge < -0.3 is 0 Å². The molecule has 0 spiro atoms. The fourth-order valence-corrected chi connectivity index (χ4v) is 2.41. The molecule has 2 heteroatoms. The first-order chi connectivity index (χ1) is 5.95. The van der Waals surface area contributed by atoms with E-state index in [1.807, 2.05) is 0 Å². The van der Waals surface area contributed by atoms with Gasteiger partial charge in [0.2, 0.25) is 0 Å². The molecule has 2 atom stereocenters. The molecule has 1 unspecified atom stereocenters. The maximum atomic E-state index is 2.61. The van der Waals surface area contributed by atoms with Gasteiger partial charge in [-0.1, -0.05) is 13.8 Å². The molecule has 0 aromatic carbocycles. The topological polar surface area (TPSA) is 6.48 Å². The van der Waals surface area contributed by atoms with E-state index >= 15 is 0 Å². The van der Waals surface area contributed by atoms with Gasteiger partial charge in [0, 0.05) is 18.6 Å². The van der Waals surface area contributed by atoms with Gasteiger partial charge in [-0.3, -0.25) is 9.80 Å². The molecule has 0 N–H and O–H groups in total. The molecule has 1 rings (SSSR count). The molecule has 2 nitrogen and oxygen atoms in total. The zero-order valence-corrected chi connectivity index (χ0v) is 9.91. The number of hydrogen-bond acceptors (Lipinski definition) is 2. The molecule has 0 aromatic heterocycles. The van der Waals surface area contributed by atoms with E-state index in [1.165, 1.54) is 6.54 Å². The minimum absolute atomic E-state index is 0.634. The summed E-state index contributed by atoms with van der Waals surface area (Å²) in [5, 5.41) is 0. The van der Waals surface area contributed by atoms with Crippen LogP contribution in [-0.2, 0) is 0 Å². The van der Waals surface area contributed by atoms with Gasteiger partial charge in [-0.2, -0.15) is 0 Å². The zero-order chi connectivity index (χ0) is 10.2. The molecule has 0 amide bonds. The second-order valence-corrected chi connectivity index (χ2v) is 4.96. The zero-order valence-electron chi connectivity index (χ0n) is 9.91. The van der Waals surface area contributed by atoms with E-state index in [1.54, 1.807) is 0 Å². The van der Waals surface area contributed by atoms with E-state index in [0.29, 0.717) is 18.2 Å². The standard InChI is InChI=1S/C11H24N2/c1-8(2)11-12(6)10(5)7-13(11)9(3)4/h8-11H,7H2,1-6H3/t10-,11?/m0/s1. The molecule has 1 aliphatic rings. The Hall–Kier alpha value is -0.0800. The van der Waals surface area contributed by atoms with Gasteiger partial charge >= 0.3 is 0 Å². The molecular formula is C11H24N2. The predicted molar refractivity (Wildman–Crippen MR) is 57.7 cm³/mol. The molecular weight excluding hydrogens is 160 g/mol. The number of hydrogen-bond donors (Lipinski definition) is 0. The first-order valence-electron chi connectivity index (χ1n) is 5.42. The van der Waals surface area contributed by atoms with Crippen molar-refractivity contribution in [2.24, 2.45) is 5.92 Å². The van der Waals surface area contributed by atoms with Crippen LogP contribution in [0.3, 0.4) is 0 Å². The Morgan fingerprint density at radius 2 is 1.69 bits per heavy atom. The molecule has 78 valence electrons. The summed E-state index contributed by atoms with van der Waals surface area (Å²) in [5.74, 6) is 0.720. The fourth-order valence-electron chi connectivity index (χ4n) is 2.41. The van der Waals surface area contributed by atoms with Crippen molar-refractivity contribution in [3.8, 4) is 0 Å². The molecule has 13 heavy (non-hydrogen) atoms. The maximum Gasteiger partial charge on any atom is 0.0649 e. The van der Waals surface area contributed by atoms with Crippen LogP contribution in [0.25, 0.3) is 0 Å².